The van der Waals surface area contributed by atoms with Gasteiger partial charge in [0.15, 0.2) is 0 Å². The molecule has 13 nitrogen and oxygen atoms in total. The summed E-state index contributed by atoms with van der Waals surface area (Å²) in [5.74, 6) is -1.25. The van der Waals surface area contributed by atoms with Crippen LogP contribution in [0.5, 0.6) is 0 Å². The minimum Gasteiger partial charge on any atom is -0.343 e. The van der Waals surface area contributed by atoms with Crippen LogP contribution in [0.2, 0.25) is 0 Å². The zero-order chi connectivity index (χ0) is 37.0. The highest BCUT2D eigenvalue weighted by Crippen LogP contribution is 2.15. The highest BCUT2D eigenvalue weighted by atomic mass is 16.2. The molecule has 0 aromatic heterocycles. The van der Waals surface area contributed by atoms with Gasteiger partial charge < -0.3 is 42.5 Å². The van der Waals surface area contributed by atoms with Crippen molar-refractivity contribution in [3.8, 4) is 0 Å². The first-order valence-electron chi connectivity index (χ1n) is 18.3. The number of unbranched alkanes of at least 4 members (excludes halogenated alkanes) is 1. The molecule has 1 aliphatic rings. The average Bonchev–Trinajstić information content (AvgIpc) is 3.14. The molecule has 8 N–H and O–H groups in total. The lowest BCUT2D eigenvalue weighted by atomic mass is 10.0. The van der Waals surface area contributed by atoms with E-state index >= 15 is 0 Å². The van der Waals surface area contributed by atoms with E-state index in [1.54, 1.807) is 11.9 Å². The van der Waals surface area contributed by atoms with Gasteiger partial charge in [0.1, 0.15) is 18.1 Å². The molecule has 1 saturated heterocycles. The molecule has 3 rings (SSSR count). The number of nitrogens with zero attached hydrogens (tertiary/aromatic N) is 1. The summed E-state index contributed by atoms with van der Waals surface area (Å²) >= 11 is 0. The van der Waals surface area contributed by atoms with Gasteiger partial charge >= 0.3 is 6.03 Å². The van der Waals surface area contributed by atoms with Crippen LogP contribution in [0.25, 0.3) is 0 Å². The van der Waals surface area contributed by atoms with Gasteiger partial charge in [0, 0.05) is 39.1 Å². The second kappa shape index (κ2) is 22.4. The second-order valence-electron chi connectivity index (χ2n) is 13.3. The van der Waals surface area contributed by atoms with E-state index in [9.17, 15) is 24.0 Å². The maximum atomic E-state index is 13.8. The Morgan fingerprint density at radius 1 is 0.824 bits per heavy atom. The number of amides is 6. The molecule has 13 heteroatoms. The molecule has 51 heavy (non-hydrogen) atoms. The molecular weight excluding hydrogens is 648 g/mol. The first-order valence-corrected chi connectivity index (χ1v) is 18.3. The number of benzene rings is 2. The average molecular weight is 707 g/mol. The van der Waals surface area contributed by atoms with Crippen LogP contribution in [-0.2, 0) is 25.6 Å². The molecule has 1 heterocycles. The lowest BCUT2D eigenvalue weighted by Crippen LogP contribution is -2.58. The van der Waals surface area contributed by atoms with Gasteiger partial charge in [-0.05, 0) is 62.1 Å². The van der Waals surface area contributed by atoms with Gasteiger partial charge in [-0.1, -0.05) is 80.9 Å². The summed E-state index contributed by atoms with van der Waals surface area (Å²) in [4.78, 5) is 67.8. The number of hydrogen-bond donors (Lipinski definition) is 7. The largest absolute Gasteiger partial charge is 0.343 e. The number of nitrogens with one attached hydrogen (secondary N) is 6. The molecule has 0 bridgehead atoms. The highest BCUT2D eigenvalue weighted by molar-refractivity contribution is 5.94. The van der Waals surface area contributed by atoms with Crippen molar-refractivity contribution >= 4 is 29.7 Å². The van der Waals surface area contributed by atoms with Crippen LogP contribution in [0.3, 0.4) is 0 Å². The molecule has 0 radical (unpaired) electrons. The zero-order valence-electron chi connectivity index (χ0n) is 30.4. The SMILES string of the molecule is CCC[C@@H](NC(=O)[C@@H](Cc1ccccc1)NC(=O)CNC[C@H](C)c1ccccc1)C(=O)N[C@H](CCCCN)C(=O)N1CCC(NC(=O)NC)CC1. The Bertz CT molecular complexity index is 1370. The van der Waals surface area contributed by atoms with Gasteiger partial charge in [-0.3, -0.25) is 19.2 Å². The Kier molecular flexibility index (Phi) is 17.9. The van der Waals surface area contributed by atoms with Crippen LogP contribution in [-0.4, -0.2) is 98.5 Å². The van der Waals surface area contributed by atoms with E-state index in [0.29, 0.717) is 71.1 Å². The van der Waals surface area contributed by atoms with Gasteiger partial charge in [-0.25, -0.2) is 4.79 Å². The summed E-state index contributed by atoms with van der Waals surface area (Å²) in [6.45, 7) is 5.98. The van der Waals surface area contributed by atoms with Crippen molar-refractivity contribution in [1.82, 2.24) is 36.8 Å². The van der Waals surface area contributed by atoms with Crippen molar-refractivity contribution < 1.29 is 24.0 Å². The highest BCUT2D eigenvalue weighted by Gasteiger charge is 2.32. The molecule has 0 aliphatic carbocycles. The monoisotopic (exact) mass is 706 g/mol. The Morgan fingerprint density at radius 3 is 2.08 bits per heavy atom. The van der Waals surface area contributed by atoms with E-state index in [4.69, 9.17) is 5.73 Å². The summed E-state index contributed by atoms with van der Waals surface area (Å²) in [5.41, 5.74) is 7.75. The standard InChI is InChI=1S/C38H58N8O5/c1-4-13-31(35(48)45-32(18-11-12-21-39)37(50)46-22-19-30(20-23-46)42-38(51)40-3)44-36(49)33(24-28-14-7-5-8-15-28)43-34(47)26-41-25-27(2)29-16-9-6-10-17-29/h5-10,14-17,27,30-33,41H,4,11-13,18-26,39H2,1-3H3,(H,43,47)(H,44,49)(H,45,48)(H2,40,42,51)/t27-,31+,32+,33+/m0/s1. The van der Waals surface area contributed by atoms with Crippen molar-refractivity contribution in [3.63, 3.8) is 0 Å². The van der Waals surface area contributed by atoms with Gasteiger partial charge in [0.05, 0.1) is 6.54 Å². The van der Waals surface area contributed by atoms with Crippen molar-refractivity contribution in [1.29, 1.82) is 0 Å². The van der Waals surface area contributed by atoms with Crippen molar-refractivity contribution in [2.75, 3.05) is 39.8 Å². The second-order valence-corrected chi connectivity index (χ2v) is 13.3. The van der Waals surface area contributed by atoms with E-state index in [1.165, 1.54) is 0 Å². The van der Waals surface area contributed by atoms with E-state index in [-0.39, 0.29) is 42.8 Å². The minimum absolute atomic E-state index is 0.0281. The first-order chi connectivity index (χ1) is 24.6. The lowest BCUT2D eigenvalue weighted by Gasteiger charge is -2.35. The van der Waals surface area contributed by atoms with E-state index in [2.05, 4.69) is 38.8 Å². The summed E-state index contributed by atoms with van der Waals surface area (Å²) < 4.78 is 0. The number of likely N-dealkylation sites (tertiary alicyclic amines) is 1. The zero-order valence-corrected chi connectivity index (χ0v) is 30.4. The van der Waals surface area contributed by atoms with Crippen LogP contribution in [0.15, 0.2) is 60.7 Å². The Labute approximate surface area is 302 Å². The van der Waals surface area contributed by atoms with Crippen molar-refractivity contribution in [3.05, 3.63) is 71.8 Å². The number of rotatable bonds is 20. The van der Waals surface area contributed by atoms with E-state index < -0.39 is 29.9 Å². The molecule has 0 saturated carbocycles. The normalized spacial score (nSPS) is 15.5. The van der Waals surface area contributed by atoms with Gasteiger partial charge in [-0.2, -0.15) is 0 Å². The van der Waals surface area contributed by atoms with Crippen LogP contribution in [0.4, 0.5) is 4.79 Å². The van der Waals surface area contributed by atoms with E-state index in [1.807, 2.05) is 67.6 Å². The van der Waals surface area contributed by atoms with E-state index in [0.717, 1.165) is 11.1 Å². The predicted octanol–water partition coefficient (Wildman–Crippen LogP) is 1.93. The Balaban J connectivity index is 1.66. The molecule has 2 aromatic carbocycles. The van der Waals surface area contributed by atoms with Gasteiger partial charge in [-0.15, -0.1) is 0 Å². The fraction of sp³-hybridized carbons (Fsp3) is 0.553. The van der Waals surface area contributed by atoms with Crippen LogP contribution < -0.4 is 37.6 Å². The number of piperidine rings is 1. The molecule has 1 aliphatic heterocycles. The van der Waals surface area contributed by atoms with Crippen LogP contribution in [0.1, 0.15) is 75.8 Å². The lowest BCUT2D eigenvalue weighted by molar-refractivity contribution is -0.138. The molecule has 4 atom stereocenters. The number of carbonyl (C=O) groups excluding carboxylic acids is 5. The van der Waals surface area contributed by atoms with Gasteiger partial charge in [0.25, 0.3) is 0 Å². The van der Waals surface area contributed by atoms with Crippen LogP contribution >= 0.6 is 0 Å². The summed E-state index contributed by atoms with van der Waals surface area (Å²) in [5, 5.41) is 17.3. The summed E-state index contributed by atoms with van der Waals surface area (Å²) in [6, 6.07) is 16.5. The van der Waals surface area contributed by atoms with Crippen LogP contribution in [0, 0.1) is 0 Å². The maximum Gasteiger partial charge on any atom is 0.314 e. The molecular formula is C38H58N8O5. The molecule has 1 fully saturated rings. The fourth-order valence-electron chi connectivity index (χ4n) is 6.18. The fourth-order valence-corrected chi connectivity index (χ4v) is 6.18. The summed E-state index contributed by atoms with van der Waals surface area (Å²) in [6.07, 6.45) is 4.17. The quantitative estimate of drug-likeness (QED) is 0.103. The molecule has 0 spiro atoms. The van der Waals surface area contributed by atoms with Crippen molar-refractivity contribution in [2.45, 2.75) is 95.3 Å². The third-order valence-corrected chi connectivity index (χ3v) is 9.18. The minimum atomic E-state index is -0.924. The number of urea groups is 1. The van der Waals surface area contributed by atoms with Gasteiger partial charge in [0.2, 0.25) is 23.6 Å². The predicted molar refractivity (Wildman–Crippen MR) is 199 cm³/mol. The molecule has 6 amide bonds. The number of carbonyl (C=O) groups is 5. The number of hydrogen-bond acceptors (Lipinski definition) is 7. The Morgan fingerprint density at radius 2 is 1.45 bits per heavy atom. The number of nitrogens with two attached hydrogens (primary N) is 1. The third-order valence-electron chi connectivity index (χ3n) is 9.18. The molecule has 2 aromatic rings. The maximum absolute atomic E-state index is 13.8. The molecule has 0 unspecified atom stereocenters. The molecule has 280 valence electrons. The third kappa shape index (κ3) is 14.3. The topological polar surface area (TPSA) is 187 Å². The van der Waals surface area contributed by atoms with Crippen molar-refractivity contribution in [2.24, 2.45) is 5.73 Å². The first kappa shape index (κ1) is 40.9. The smallest absolute Gasteiger partial charge is 0.314 e. The summed E-state index contributed by atoms with van der Waals surface area (Å²) in [7, 11) is 1.56. The Hall–Kier alpha value is -4.49.